The molecule has 2 heterocycles. The van der Waals surface area contributed by atoms with E-state index in [-0.39, 0.29) is 12.1 Å². The van der Waals surface area contributed by atoms with Crippen LogP contribution in [0.25, 0.3) is 0 Å². The Morgan fingerprint density at radius 1 is 1.42 bits per heavy atom. The van der Waals surface area contributed by atoms with E-state index in [9.17, 15) is 4.79 Å². The van der Waals surface area contributed by atoms with Gasteiger partial charge in [-0.3, -0.25) is 0 Å². The minimum Gasteiger partial charge on any atom is -0.457 e. The molecule has 1 fully saturated rings. The number of esters is 1. The van der Waals surface area contributed by atoms with Gasteiger partial charge in [-0.2, -0.15) is 0 Å². The number of nitrogens with zero attached hydrogens (tertiary/aromatic N) is 2. The third-order valence-corrected chi connectivity index (χ3v) is 3.12. The maximum atomic E-state index is 11.8. The van der Waals surface area contributed by atoms with E-state index in [2.05, 4.69) is 9.88 Å². The maximum Gasteiger partial charge on any atom is 0.340 e. The molecule has 0 radical (unpaired) electrons. The van der Waals surface area contributed by atoms with Gasteiger partial charge in [0.2, 0.25) is 0 Å². The first kappa shape index (κ1) is 13.8. The van der Waals surface area contributed by atoms with Crippen molar-refractivity contribution >= 4 is 11.8 Å². The Morgan fingerprint density at radius 3 is 2.74 bits per heavy atom. The summed E-state index contributed by atoms with van der Waals surface area (Å²) in [5.41, 5.74) is 0.478. The van der Waals surface area contributed by atoms with Crippen LogP contribution in [0.15, 0.2) is 18.3 Å². The second-order valence-corrected chi connectivity index (χ2v) is 4.77. The van der Waals surface area contributed by atoms with E-state index >= 15 is 0 Å². The van der Waals surface area contributed by atoms with Crippen LogP contribution in [0.4, 0.5) is 5.82 Å². The van der Waals surface area contributed by atoms with Crippen molar-refractivity contribution in [1.82, 2.24) is 4.98 Å². The van der Waals surface area contributed by atoms with Gasteiger partial charge in [0.25, 0.3) is 0 Å². The number of pyridine rings is 1. The molecule has 1 aliphatic rings. The molecule has 1 atom stereocenters. The number of carbonyl (C=O) groups excluding carboxylic acids is 1. The van der Waals surface area contributed by atoms with Gasteiger partial charge in [0.05, 0.1) is 12.2 Å². The van der Waals surface area contributed by atoms with E-state index in [0.29, 0.717) is 12.2 Å². The molecule has 1 aromatic heterocycles. The first-order chi connectivity index (χ1) is 9.20. The minimum absolute atomic E-state index is 0.254. The van der Waals surface area contributed by atoms with Crippen molar-refractivity contribution in [3.8, 4) is 0 Å². The molecule has 5 nitrogen and oxygen atoms in total. The summed E-state index contributed by atoms with van der Waals surface area (Å²) in [4.78, 5) is 18.4. The van der Waals surface area contributed by atoms with Gasteiger partial charge in [-0.05, 0) is 31.9 Å². The quantitative estimate of drug-likeness (QED) is 0.760. The average molecular weight is 264 g/mol. The molecule has 0 aromatic carbocycles. The lowest BCUT2D eigenvalue weighted by Crippen LogP contribution is -2.21. The van der Waals surface area contributed by atoms with Gasteiger partial charge in [0.1, 0.15) is 11.9 Å². The second kappa shape index (κ2) is 6.52. The summed E-state index contributed by atoms with van der Waals surface area (Å²) in [7, 11) is 1.58. The molecule has 1 aromatic rings. The first-order valence-corrected chi connectivity index (χ1v) is 6.61. The monoisotopic (exact) mass is 264 g/mol. The van der Waals surface area contributed by atoms with E-state index in [0.717, 1.165) is 18.9 Å². The zero-order chi connectivity index (χ0) is 13.7. The molecule has 1 saturated heterocycles. The van der Waals surface area contributed by atoms with E-state index in [1.807, 2.05) is 6.07 Å². The van der Waals surface area contributed by atoms with Gasteiger partial charge in [-0.15, -0.1) is 0 Å². The molecule has 1 aliphatic heterocycles. The number of ether oxygens (including phenoxy) is 2. The average Bonchev–Trinajstić information content (AvgIpc) is 2.93. The molecule has 0 amide bonds. The SMILES string of the molecule is COCC(C)OC(=O)c1ccc(N2CCCC2)nc1. The Morgan fingerprint density at radius 2 is 2.16 bits per heavy atom. The molecule has 104 valence electrons. The van der Waals surface area contributed by atoms with Crippen LogP contribution in [0.2, 0.25) is 0 Å². The number of hydrogen-bond donors (Lipinski definition) is 0. The summed E-state index contributed by atoms with van der Waals surface area (Å²) in [5, 5.41) is 0. The van der Waals surface area contributed by atoms with Crippen LogP contribution in [0, 0.1) is 0 Å². The van der Waals surface area contributed by atoms with Gasteiger partial charge < -0.3 is 14.4 Å². The van der Waals surface area contributed by atoms with Crippen molar-refractivity contribution in [2.24, 2.45) is 0 Å². The topological polar surface area (TPSA) is 51.7 Å². The highest BCUT2D eigenvalue weighted by molar-refractivity contribution is 5.89. The highest BCUT2D eigenvalue weighted by Gasteiger charge is 2.15. The summed E-state index contributed by atoms with van der Waals surface area (Å²) < 4.78 is 10.2. The van der Waals surface area contributed by atoms with Crippen molar-refractivity contribution in [1.29, 1.82) is 0 Å². The second-order valence-electron chi connectivity index (χ2n) is 4.77. The number of anilines is 1. The van der Waals surface area contributed by atoms with Crippen molar-refractivity contribution in [3.63, 3.8) is 0 Å². The highest BCUT2D eigenvalue weighted by Crippen LogP contribution is 2.17. The molecule has 5 heteroatoms. The fourth-order valence-electron chi connectivity index (χ4n) is 2.16. The molecule has 0 N–H and O–H groups in total. The van der Waals surface area contributed by atoms with Crippen LogP contribution >= 0.6 is 0 Å². The molecule has 19 heavy (non-hydrogen) atoms. The maximum absolute atomic E-state index is 11.8. The lowest BCUT2D eigenvalue weighted by Gasteiger charge is -2.16. The van der Waals surface area contributed by atoms with Crippen LogP contribution in [0.1, 0.15) is 30.1 Å². The molecule has 0 bridgehead atoms. The van der Waals surface area contributed by atoms with Crippen molar-refractivity contribution < 1.29 is 14.3 Å². The number of aromatic nitrogens is 1. The van der Waals surface area contributed by atoms with Crippen LogP contribution in [-0.4, -0.2) is 43.9 Å². The number of hydrogen-bond acceptors (Lipinski definition) is 5. The van der Waals surface area contributed by atoms with E-state index in [1.54, 1.807) is 26.3 Å². The van der Waals surface area contributed by atoms with Crippen molar-refractivity contribution in [2.45, 2.75) is 25.9 Å². The Hall–Kier alpha value is -1.62. The molecular weight excluding hydrogens is 244 g/mol. The van der Waals surface area contributed by atoms with Gasteiger partial charge >= 0.3 is 5.97 Å². The summed E-state index contributed by atoms with van der Waals surface area (Å²) in [6.07, 6.45) is 3.74. The fourth-order valence-corrected chi connectivity index (χ4v) is 2.16. The smallest absolute Gasteiger partial charge is 0.340 e. The molecule has 0 saturated carbocycles. The van der Waals surface area contributed by atoms with Gasteiger partial charge in [-0.1, -0.05) is 0 Å². The fraction of sp³-hybridized carbons (Fsp3) is 0.571. The summed E-state index contributed by atoms with van der Waals surface area (Å²) >= 11 is 0. The van der Waals surface area contributed by atoms with E-state index in [1.165, 1.54) is 12.8 Å². The van der Waals surface area contributed by atoms with Gasteiger partial charge in [-0.25, -0.2) is 9.78 Å². The van der Waals surface area contributed by atoms with E-state index in [4.69, 9.17) is 9.47 Å². The third kappa shape index (κ3) is 3.67. The lowest BCUT2D eigenvalue weighted by atomic mass is 10.3. The highest BCUT2D eigenvalue weighted by atomic mass is 16.6. The molecule has 1 unspecified atom stereocenters. The summed E-state index contributed by atoms with van der Waals surface area (Å²) in [5.74, 6) is 0.573. The Labute approximate surface area is 113 Å². The number of carbonyl (C=O) groups is 1. The molecule has 0 spiro atoms. The standard InChI is InChI=1S/C14H20N2O3/c1-11(10-18-2)19-14(17)12-5-6-13(15-9-12)16-7-3-4-8-16/h5-6,9,11H,3-4,7-8,10H2,1-2H3. The van der Waals surface area contributed by atoms with Gasteiger partial charge in [0.15, 0.2) is 0 Å². The predicted octanol–water partition coefficient (Wildman–Crippen LogP) is 1.87. The van der Waals surface area contributed by atoms with Crippen molar-refractivity contribution in [2.75, 3.05) is 31.7 Å². The largest absolute Gasteiger partial charge is 0.457 e. The molecular formula is C14H20N2O3. The first-order valence-electron chi connectivity index (χ1n) is 6.61. The Kier molecular flexibility index (Phi) is 4.74. The zero-order valence-corrected chi connectivity index (χ0v) is 11.5. The van der Waals surface area contributed by atoms with Crippen LogP contribution < -0.4 is 4.90 Å². The van der Waals surface area contributed by atoms with Crippen LogP contribution in [0.5, 0.6) is 0 Å². The normalized spacial score (nSPS) is 16.4. The minimum atomic E-state index is -0.356. The molecule has 2 rings (SSSR count). The predicted molar refractivity (Wildman–Crippen MR) is 72.4 cm³/mol. The van der Waals surface area contributed by atoms with Crippen LogP contribution in [-0.2, 0) is 9.47 Å². The third-order valence-electron chi connectivity index (χ3n) is 3.12. The lowest BCUT2D eigenvalue weighted by molar-refractivity contribution is 0.0120. The summed E-state index contributed by atoms with van der Waals surface area (Å²) in [6.45, 7) is 4.28. The van der Waals surface area contributed by atoms with E-state index < -0.39 is 0 Å². The van der Waals surface area contributed by atoms with Gasteiger partial charge in [0, 0.05) is 26.4 Å². The van der Waals surface area contributed by atoms with Crippen molar-refractivity contribution in [3.05, 3.63) is 23.9 Å². The number of methoxy groups -OCH3 is 1. The summed E-state index contributed by atoms with van der Waals surface area (Å²) in [6, 6.07) is 3.64. The number of rotatable bonds is 5. The molecule has 0 aliphatic carbocycles. The zero-order valence-electron chi connectivity index (χ0n) is 11.5. The van der Waals surface area contributed by atoms with Crippen LogP contribution in [0.3, 0.4) is 0 Å². The Bertz CT molecular complexity index is 413. The Balaban J connectivity index is 1.95.